The zero-order valence-corrected chi connectivity index (χ0v) is 13.6. The zero-order valence-electron chi connectivity index (χ0n) is 11.9. The zero-order chi connectivity index (χ0) is 14.7. The SMILES string of the molecule is NC(=S)C(CN(Cc1ccsc1)C1CC1)c1ccccc1. The van der Waals surface area contributed by atoms with E-state index in [4.69, 9.17) is 18.0 Å². The van der Waals surface area contributed by atoms with Gasteiger partial charge in [0.15, 0.2) is 0 Å². The molecular formula is C17H20N2S2. The van der Waals surface area contributed by atoms with Gasteiger partial charge in [0.05, 0.1) is 4.99 Å². The normalized spacial score (nSPS) is 16.0. The number of thiocarbonyl (C=S) groups is 1. The Hall–Kier alpha value is -1.23. The third-order valence-electron chi connectivity index (χ3n) is 3.99. The molecule has 0 bridgehead atoms. The van der Waals surface area contributed by atoms with E-state index >= 15 is 0 Å². The summed E-state index contributed by atoms with van der Waals surface area (Å²) in [7, 11) is 0. The highest BCUT2D eigenvalue weighted by molar-refractivity contribution is 7.80. The Morgan fingerprint density at radius 1 is 1.29 bits per heavy atom. The topological polar surface area (TPSA) is 29.3 Å². The lowest BCUT2D eigenvalue weighted by molar-refractivity contribution is 0.252. The Bertz CT molecular complexity index is 576. The molecule has 21 heavy (non-hydrogen) atoms. The van der Waals surface area contributed by atoms with E-state index in [9.17, 15) is 0 Å². The number of benzene rings is 1. The first kappa shape index (κ1) is 14.7. The average Bonchev–Trinajstić information content (AvgIpc) is 3.21. The second-order valence-corrected chi connectivity index (χ2v) is 6.91. The number of nitrogens with two attached hydrogens (primary N) is 1. The van der Waals surface area contributed by atoms with Crippen LogP contribution in [0.25, 0.3) is 0 Å². The second kappa shape index (κ2) is 6.69. The lowest BCUT2D eigenvalue weighted by atomic mass is 9.98. The minimum Gasteiger partial charge on any atom is -0.393 e. The fourth-order valence-electron chi connectivity index (χ4n) is 2.68. The summed E-state index contributed by atoms with van der Waals surface area (Å²) >= 11 is 7.08. The van der Waals surface area contributed by atoms with Crippen LogP contribution in [0.5, 0.6) is 0 Å². The third kappa shape index (κ3) is 3.90. The molecule has 1 saturated carbocycles. The fraction of sp³-hybridized carbons (Fsp3) is 0.353. The third-order valence-corrected chi connectivity index (χ3v) is 5.01. The molecule has 110 valence electrons. The van der Waals surface area contributed by atoms with Gasteiger partial charge in [-0.25, -0.2) is 0 Å². The maximum atomic E-state index is 6.02. The van der Waals surface area contributed by atoms with Crippen molar-refractivity contribution in [3.63, 3.8) is 0 Å². The summed E-state index contributed by atoms with van der Waals surface area (Å²) in [5, 5.41) is 4.37. The summed E-state index contributed by atoms with van der Waals surface area (Å²) in [6, 6.07) is 13.3. The first-order valence-corrected chi connectivity index (χ1v) is 8.68. The van der Waals surface area contributed by atoms with E-state index < -0.39 is 0 Å². The van der Waals surface area contributed by atoms with Crippen LogP contribution < -0.4 is 5.73 Å². The summed E-state index contributed by atoms with van der Waals surface area (Å²) in [6.07, 6.45) is 2.59. The van der Waals surface area contributed by atoms with Crippen LogP contribution in [0, 0.1) is 0 Å². The van der Waals surface area contributed by atoms with Gasteiger partial charge in [-0.05, 0) is 40.8 Å². The van der Waals surface area contributed by atoms with Gasteiger partial charge in [-0.15, -0.1) is 0 Å². The molecule has 1 aliphatic carbocycles. The highest BCUT2D eigenvalue weighted by Crippen LogP contribution is 2.31. The molecule has 0 aliphatic heterocycles. The van der Waals surface area contributed by atoms with Crippen LogP contribution in [0.15, 0.2) is 47.2 Å². The van der Waals surface area contributed by atoms with Gasteiger partial charge in [0, 0.05) is 25.0 Å². The number of thiophene rings is 1. The minimum absolute atomic E-state index is 0.139. The van der Waals surface area contributed by atoms with Gasteiger partial charge in [-0.3, -0.25) is 4.90 Å². The maximum Gasteiger partial charge on any atom is 0.0816 e. The van der Waals surface area contributed by atoms with Crippen molar-refractivity contribution in [1.82, 2.24) is 4.90 Å². The van der Waals surface area contributed by atoms with Gasteiger partial charge < -0.3 is 5.73 Å². The Morgan fingerprint density at radius 2 is 2.05 bits per heavy atom. The molecule has 1 fully saturated rings. The molecule has 0 radical (unpaired) electrons. The molecule has 1 heterocycles. The first-order valence-electron chi connectivity index (χ1n) is 7.33. The summed E-state index contributed by atoms with van der Waals surface area (Å²) < 4.78 is 0. The fourth-order valence-corrected chi connectivity index (χ4v) is 3.55. The summed E-state index contributed by atoms with van der Waals surface area (Å²) in [5.74, 6) is 0.139. The standard InChI is InChI=1S/C17H20N2S2/c18-17(20)16(14-4-2-1-3-5-14)11-19(15-6-7-15)10-13-8-9-21-12-13/h1-5,8-9,12,15-16H,6-7,10-11H2,(H2,18,20). The molecule has 2 nitrogen and oxygen atoms in total. The largest absolute Gasteiger partial charge is 0.393 e. The monoisotopic (exact) mass is 316 g/mol. The number of hydrogen-bond acceptors (Lipinski definition) is 3. The van der Waals surface area contributed by atoms with Crippen molar-refractivity contribution in [2.45, 2.75) is 31.3 Å². The summed E-state index contributed by atoms with van der Waals surface area (Å²) in [5.41, 5.74) is 8.63. The maximum absolute atomic E-state index is 6.02. The lowest BCUT2D eigenvalue weighted by Crippen LogP contribution is -2.35. The Morgan fingerprint density at radius 3 is 2.62 bits per heavy atom. The van der Waals surface area contributed by atoms with Crippen molar-refractivity contribution in [1.29, 1.82) is 0 Å². The molecule has 0 saturated heterocycles. The van der Waals surface area contributed by atoms with E-state index in [0.29, 0.717) is 11.0 Å². The van der Waals surface area contributed by atoms with Gasteiger partial charge >= 0.3 is 0 Å². The van der Waals surface area contributed by atoms with E-state index in [1.54, 1.807) is 11.3 Å². The number of rotatable bonds is 7. The highest BCUT2D eigenvalue weighted by atomic mass is 32.1. The summed E-state index contributed by atoms with van der Waals surface area (Å²) in [6.45, 7) is 1.92. The molecular weight excluding hydrogens is 296 g/mol. The van der Waals surface area contributed by atoms with Crippen LogP contribution in [0.1, 0.15) is 29.9 Å². The van der Waals surface area contributed by atoms with Crippen LogP contribution in [0.2, 0.25) is 0 Å². The lowest BCUT2D eigenvalue weighted by Gasteiger charge is -2.27. The second-order valence-electron chi connectivity index (χ2n) is 5.66. The van der Waals surface area contributed by atoms with E-state index in [1.807, 2.05) is 6.07 Å². The van der Waals surface area contributed by atoms with Crippen molar-refractivity contribution in [3.05, 3.63) is 58.3 Å². The van der Waals surface area contributed by atoms with Crippen LogP contribution in [0.4, 0.5) is 0 Å². The Labute approximate surface area is 135 Å². The van der Waals surface area contributed by atoms with E-state index in [-0.39, 0.29) is 5.92 Å². The van der Waals surface area contributed by atoms with Gasteiger partial charge in [0.25, 0.3) is 0 Å². The molecule has 0 spiro atoms. The Balaban J connectivity index is 1.75. The van der Waals surface area contributed by atoms with Crippen molar-refractivity contribution >= 4 is 28.5 Å². The predicted molar refractivity (Wildman–Crippen MR) is 93.7 cm³/mol. The minimum atomic E-state index is 0.139. The highest BCUT2D eigenvalue weighted by Gasteiger charge is 2.31. The van der Waals surface area contributed by atoms with E-state index in [2.05, 4.69) is 46.0 Å². The van der Waals surface area contributed by atoms with Gasteiger partial charge in [-0.2, -0.15) is 11.3 Å². The number of nitrogens with zero attached hydrogens (tertiary/aromatic N) is 1. The molecule has 4 heteroatoms. The average molecular weight is 316 g/mol. The van der Waals surface area contributed by atoms with Crippen molar-refractivity contribution in [2.75, 3.05) is 6.54 Å². The van der Waals surface area contributed by atoms with Crippen LogP contribution in [0.3, 0.4) is 0 Å². The van der Waals surface area contributed by atoms with E-state index in [1.165, 1.54) is 24.0 Å². The smallest absolute Gasteiger partial charge is 0.0816 e. The predicted octanol–water partition coefficient (Wildman–Crippen LogP) is 3.78. The molecule has 1 aliphatic rings. The molecule has 2 N–H and O–H groups in total. The molecule has 1 unspecified atom stereocenters. The Kier molecular flexibility index (Phi) is 4.68. The van der Waals surface area contributed by atoms with Crippen LogP contribution in [-0.2, 0) is 6.54 Å². The number of hydrogen-bond donors (Lipinski definition) is 1. The molecule has 1 atom stereocenters. The van der Waals surface area contributed by atoms with Crippen molar-refractivity contribution in [2.24, 2.45) is 5.73 Å². The van der Waals surface area contributed by atoms with Gasteiger partial charge in [0.1, 0.15) is 0 Å². The molecule has 3 rings (SSSR count). The molecule has 1 aromatic heterocycles. The van der Waals surface area contributed by atoms with Crippen molar-refractivity contribution in [3.8, 4) is 0 Å². The van der Waals surface area contributed by atoms with Crippen molar-refractivity contribution < 1.29 is 0 Å². The van der Waals surface area contributed by atoms with Crippen LogP contribution in [-0.4, -0.2) is 22.5 Å². The quantitative estimate of drug-likeness (QED) is 0.788. The molecule has 0 amide bonds. The van der Waals surface area contributed by atoms with Gasteiger partial charge in [-0.1, -0.05) is 42.5 Å². The van der Waals surface area contributed by atoms with Crippen LogP contribution >= 0.6 is 23.6 Å². The van der Waals surface area contributed by atoms with E-state index in [0.717, 1.165) is 13.1 Å². The first-order chi connectivity index (χ1) is 10.2. The van der Waals surface area contributed by atoms with Gasteiger partial charge in [0.2, 0.25) is 0 Å². The molecule has 1 aromatic carbocycles. The molecule has 2 aromatic rings. The summed E-state index contributed by atoms with van der Waals surface area (Å²) in [4.78, 5) is 3.14.